The summed E-state index contributed by atoms with van der Waals surface area (Å²) in [6, 6.07) is 9.87. The van der Waals surface area contributed by atoms with Crippen LogP contribution < -0.4 is 5.73 Å². The molecule has 3 rings (SSSR count). The van der Waals surface area contributed by atoms with Crippen LogP contribution in [0, 0.1) is 5.92 Å². The fourth-order valence-electron chi connectivity index (χ4n) is 3.08. The predicted octanol–water partition coefficient (Wildman–Crippen LogP) is 2.43. The van der Waals surface area contributed by atoms with Gasteiger partial charge in [-0.05, 0) is 37.8 Å². The molecule has 2 aromatic rings. The Morgan fingerprint density at radius 3 is 2.71 bits per heavy atom. The summed E-state index contributed by atoms with van der Waals surface area (Å²) < 4.78 is 0. The monoisotopic (exact) mass is 283 g/mol. The number of hydrogen-bond donors (Lipinski definition) is 1. The van der Waals surface area contributed by atoms with E-state index in [2.05, 4.69) is 11.9 Å². The Morgan fingerprint density at radius 1 is 1.29 bits per heavy atom. The Morgan fingerprint density at radius 2 is 2.00 bits per heavy atom. The zero-order valence-electron chi connectivity index (χ0n) is 12.3. The number of carbonyl (C=O) groups is 1. The summed E-state index contributed by atoms with van der Waals surface area (Å²) in [5.74, 6) is 0.613. The van der Waals surface area contributed by atoms with Crippen molar-refractivity contribution in [2.45, 2.75) is 25.8 Å². The van der Waals surface area contributed by atoms with E-state index in [0.717, 1.165) is 36.8 Å². The third kappa shape index (κ3) is 2.76. The van der Waals surface area contributed by atoms with Crippen molar-refractivity contribution in [2.24, 2.45) is 11.7 Å². The van der Waals surface area contributed by atoms with Crippen LogP contribution in [-0.4, -0.2) is 34.9 Å². The summed E-state index contributed by atoms with van der Waals surface area (Å²) in [5.41, 5.74) is 7.45. The summed E-state index contributed by atoms with van der Waals surface area (Å²) in [7, 11) is 0. The first-order valence-corrected chi connectivity index (χ1v) is 7.55. The van der Waals surface area contributed by atoms with Crippen molar-refractivity contribution < 1.29 is 4.79 Å². The molecule has 0 spiro atoms. The zero-order chi connectivity index (χ0) is 14.8. The molecule has 1 aromatic carbocycles. The maximum absolute atomic E-state index is 12.7. The molecule has 21 heavy (non-hydrogen) atoms. The van der Waals surface area contributed by atoms with Crippen molar-refractivity contribution >= 4 is 16.8 Å². The second kappa shape index (κ2) is 5.82. The number of nitrogens with zero attached hydrogens (tertiary/aromatic N) is 2. The van der Waals surface area contributed by atoms with Gasteiger partial charge in [0.05, 0.1) is 11.1 Å². The van der Waals surface area contributed by atoms with Gasteiger partial charge in [0.25, 0.3) is 5.91 Å². The van der Waals surface area contributed by atoms with Crippen LogP contribution in [0.25, 0.3) is 10.9 Å². The van der Waals surface area contributed by atoms with E-state index < -0.39 is 0 Å². The van der Waals surface area contributed by atoms with Crippen LogP contribution in [-0.2, 0) is 0 Å². The van der Waals surface area contributed by atoms with Crippen LogP contribution in [0.5, 0.6) is 0 Å². The lowest BCUT2D eigenvalue weighted by Crippen LogP contribution is -2.42. The van der Waals surface area contributed by atoms with Crippen LogP contribution in [0.2, 0.25) is 0 Å². The zero-order valence-corrected chi connectivity index (χ0v) is 12.3. The number of benzene rings is 1. The lowest BCUT2D eigenvalue weighted by Gasteiger charge is -2.33. The Kier molecular flexibility index (Phi) is 3.88. The summed E-state index contributed by atoms with van der Waals surface area (Å²) in [5, 5.41) is 1.01. The lowest BCUT2D eigenvalue weighted by molar-refractivity contribution is 0.0683. The number of piperidine rings is 1. The number of para-hydroxylation sites is 1. The van der Waals surface area contributed by atoms with E-state index in [1.165, 1.54) is 0 Å². The fraction of sp³-hybridized carbons (Fsp3) is 0.412. The molecule has 2 N–H and O–H groups in total. The average Bonchev–Trinajstić information content (AvgIpc) is 2.53. The lowest BCUT2D eigenvalue weighted by atomic mass is 9.90. The van der Waals surface area contributed by atoms with E-state index in [4.69, 9.17) is 5.73 Å². The van der Waals surface area contributed by atoms with Crippen molar-refractivity contribution in [2.75, 3.05) is 13.1 Å². The van der Waals surface area contributed by atoms with Crippen molar-refractivity contribution in [3.05, 3.63) is 42.1 Å². The number of hydrogen-bond acceptors (Lipinski definition) is 3. The molecule has 1 atom stereocenters. The van der Waals surface area contributed by atoms with E-state index in [1.807, 2.05) is 35.2 Å². The number of rotatable bonds is 2. The quantitative estimate of drug-likeness (QED) is 0.921. The topological polar surface area (TPSA) is 59.2 Å². The van der Waals surface area contributed by atoms with E-state index >= 15 is 0 Å². The number of amides is 1. The highest BCUT2D eigenvalue weighted by Crippen LogP contribution is 2.23. The Labute approximate surface area is 125 Å². The van der Waals surface area contributed by atoms with Gasteiger partial charge < -0.3 is 10.6 Å². The number of nitrogens with two attached hydrogens (primary N) is 1. The van der Waals surface area contributed by atoms with Crippen LogP contribution in [0.4, 0.5) is 0 Å². The van der Waals surface area contributed by atoms with Crippen molar-refractivity contribution in [1.29, 1.82) is 0 Å². The molecule has 2 heterocycles. The predicted molar refractivity (Wildman–Crippen MR) is 84.0 cm³/mol. The number of aromatic nitrogens is 1. The van der Waals surface area contributed by atoms with Gasteiger partial charge in [-0.25, -0.2) is 0 Å². The van der Waals surface area contributed by atoms with Crippen LogP contribution in [0.3, 0.4) is 0 Å². The molecule has 4 nitrogen and oxygen atoms in total. The third-order valence-corrected chi connectivity index (χ3v) is 4.43. The Bertz CT molecular complexity index is 640. The number of pyridine rings is 1. The molecule has 1 unspecified atom stereocenters. The van der Waals surface area contributed by atoms with Crippen LogP contribution in [0.1, 0.15) is 30.1 Å². The Balaban J connectivity index is 1.82. The molecule has 4 heteroatoms. The molecule has 110 valence electrons. The largest absolute Gasteiger partial charge is 0.339 e. The van der Waals surface area contributed by atoms with Gasteiger partial charge in [0.2, 0.25) is 0 Å². The molecule has 1 aliphatic heterocycles. The smallest absolute Gasteiger partial charge is 0.256 e. The number of carbonyl (C=O) groups excluding carboxylic acids is 1. The summed E-state index contributed by atoms with van der Waals surface area (Å²) in [6.45, 7) is 3.62. The second-order valence-corrected chi connectivity index (χ2v) is 5.87. The normalized spacial score (nSPS) is 17.9. The molecule has 0 saturated carbocycles. The molecule has 1 fully saturated rings. The van der Waals surface area contributed by atoms with E-state index in [-0.39, 0.29) is 11.9 Å². The van der Waals surface area contributed by atoms with Gasteiger partial charge in [-0.15, -0.1) is 0 Å². The van der Waals surface area contributed by atoms with Gasteiger partial charge in [0, 0.05) is 30.7 Å². The maximum Gasteiger partial charge on any atom is 0.256 e. The molecule has 1 aromatic heterocycles. The second-order valence-electron chi connectivity index (χ2n) is 5.87. The molecule has 1 aliphatic rings. The van der Waals surface area contributed by atoms with Gasteiger partial charge in [-0.3, -0.25) is 9.78 Å². The minimum atomic E-state index is 0.0856. The average molecular weight is 283 g/mol. The minimum Gasteiger partial charge on any atom is -0.339 e. The van der Waals surface area contributed by atoms with Crippen molar-refractivity contribution in [3.63, 3.8) is 0 Å². The van der Waals surface area contributed by atoms with Gasteiger partial charge in [0.1, 0.15) is 0 Å². The first-order chi connectivity index (χ1) is 10.2. The molecular formula is C17H21N3O. The molecular weight excluding hydrogens is 262 g/mol. The third-order valence-electron chi connectivity index (χ3n) is 4.43. The molecule has 1 amide bonds. The van der Waals surface area contributed by atoms with Crippen molar-refractivity contribution in [1.82, 2.24) is 9.88 Å². The van der Waals surface area contributed by atoms with E-state index in [9.17, 15) is 4.79 Å². The summed E-state index contributed by atoms with van der Waals surface area (Å²) in [6.07, 6.45) is 3.71. The summed E-state index contributed by atoms with van der Waals surface area (Å²) >= 11 is 0. The fourth-order valence-corrected chi connectivity index (χ4v) is 3.08. The highest BCUT2D eigenvalue weighted by Gasteiger charge is 2.26. The number of likely N-dealkylation sites (tertiary alicyclic amines) is 1. The van der Waals surface area contributed by atoms with Crippen LogP contribution in [0.15, 0.2) is 36.5 Å². The van der Waals surface area contributed by atoms with Crippen LogP contribution >= 0.6 is 0 Å². The molecule has 0 radical (unpaired) electrons. The molecule has 0 bridgehead atoms. The van der Waals surface area contributed by atoms with Gasteiger partial charge >= 0.3 is 0 Å². The van der Waals surface area contributed by atoms with Gasteiger partial charge in [0.15, 0.2) is 0 Å². The molecule has 1 saturated heterocycles. The highest BCUT2D eigenvalue weighted by atomic mass is 16.2. The number of fused-ring (bicyclic) bond motifs is 1. The first-order valence-electron chi connectivity index (χ1n) is 7.55. The standard InChI is InChI=1S/C17H21N3O/c1-12(18)13-7-10-20(11-8-13)17(21)15-6-2-4-14-5-3-9-19-16(14)15/h2-6,9,12-13H,7-8,10-11,18H2,1H3. The first kappa shape index (κ1) is 14.0. The van der Waals surface area contributed by atoms with E-state index in [1.54, 1.807) is 6.20 Å². The SMILES string of the molecule is CC(N)C1CCN(C(=O)c2cccc3cccnc23)CC1. The Hall–Kier alpha value is -1.94. The van der Waals surface area contributed by atoms with Gasteiger partial charge in [-0.1, -0.05) is 18.2 Å². The molecule has 0 aliphatic carbocycles. The van der Waals surface area contributed by atoms with E-state index in [0.29, 0.717) is 11.5 Å². The highest BCUT2D eigenvalue weighted by molar-refractivity contribution is 6.05. The van der Waals surface area contributed by atoms with Crippen molar-refractivity contribution in [3.8, 4) is 0 Å². The minimum absolute atomic E-state index is 0.0856. The maximum atomic E-state index is 12.7. The van der Waals surface area contributed by atoms with Gasteiger partial charge in [-0.2, -0.15) is 0 Å². The summed E-state index contributed by atoms with van der Waals surface area (Å²) in [4.78, 5) is 19.1.